The molecule has 1 aromatic rings. The van der Waals surface area contributed by atoms with E-state index in [0.717, 1.165) is 31.5 Å². The average Bonchev–Trinajstić information content (AvgIpc) is 2.82. The van der Waals surface area contributed by atoms with E-state index < -0.39 is 0 Å². The molecule has 0 aromatic heterocycles. The molecule has 18 heavy (non-hydrogen) atoms. The molecule has 1 unspecified atom stereocenters. The summed E-state index contributed by atoms with van der Waals surface area (Å²) in [5.74, 6) is 0.0701. The Kier molecular flexibility index (Phi) is 3.93. The lowest BCUT2D eigenvalue weighted by molar-refractivity contribution is -0.124. The Balaban J connectivity index is 2.15. The first-order valence-corrected chi connectivity index (χ1v) is 6.73. The van der Waals surface area contributed by atoms with Crippen molar-refractivity contribution in [3.8, 4) is 0 Å². The zero-order valence-corrected chi connectivity index (χ0v) is 11.6. The highest BCUT2D eigenvalue weighted by molar-refractivity contribution is 6.33. The van der Waals surface area contributed by atoms with Gasteiger partial charge in [-0.2, -0.15) is 0 Å². The minimum atomic E-state index is -0.284. The zero-order valence-electron chi connectivity index (χ0n) is 10.8. The van der Waals surface area contributed by atoms with Crippen molar-refractivity contribution in [2.24, 2.45) is 5.41 Å². The van der Waals surface area contributed by atoms with E-state index in [1.807, 2.05) is 25.1 Å². The molecular weight excluding hydrogens is 248 g/mol. The van der Waals surface area contributed by atoms with Gasteiger partial charge in [0, 0.05) is 6.54 Å². The highest BCUT2D eigenvalue weighted by atomic mass is 35.5. The third kappa shape index (κ3) is 2.52. The number of carbonyl (C=O) groups is 1. The normalized spacial score (nSPS) is 23.1. The van der Waals surface area contributed by atoms with Gasteiger partial charge >= 0.3 is 0 Å². The summed E-state index contributed by atoms with van der Waals surface area (Å²) < 4.78 is 0. The molecule has 2 rings (SSSR count). The third-order valence-corrected chi connectivity index (χ3v) is 4.09. The maximum Gasteiger partial charge on any atom is 0.231 e. The number of hydrogen-bond donors (Lipinski definition) is 2. The topological polar surface area (TPSA) is 41.1 Å². The Morgan fingerprint density at radius 3 is 2.89 bits per heavy atom. The van der Waals surface area contributed by atoms with Crippen molar-refractivity contribution in [3.05, 3.63) is 28.8 Å². The summed E-state index contributed by atoms with van der Waals surface area (Å²) in [4.78, 5) is 12.4. The first-order valence-electron chi connectivity index (χ1n) is 6.36. The molecule has 98 valence electrons. The van der Waals surface area contributed by atoms with Crippen molar-refractivity contribution < 1.29 is 4.79 Å². The van der Waals surface area contributed by atoms with Crippen LogP contribution in [-0.2, 0) is 4.79 Å². The summed E-state index contributed by atoms with van der Waals surface area (Å²) in [6.07, 6.45) is 1.73. The van der Waals surface area contributed by atoms with E-state index in [4.69, 9.17) is 11.6 Å². The van der Waals surface area contributed by atoms with Crippen LogP contribution in [0.1, 0.15) is 25.3 Å². The standard InChI is InChI=1S/C14H19ClN2O/c1-3-14(6-7-16-9-14)13(18)17-12-5-4-10(2)8-11(12)15/h4-5,8,16H,3,6-7,9H2,1-2H3,(H,17,18). The van der Waals surface area contributed by atoms with Crippen LogP contribution in [0.3, 0.4) is 0 Å². The van der Waals surface area contributed by atoms with Gasteiger partial charge in [0.1, 0.15) is 0 Å². The number of carbonyl (C=O) groups excluding carboxylic acids is 1. The number of nitrogens with one attached hydrogen (secondary N) is 2. The average molecular weight is 267 g/mol. The number of rotatable bonds is 3. The molecule has 0 saturated carbocycles. The lowest BCUT2D eigenvalue weighted by Crippen LogP contribution is -2.37. The molecule has 1 aliphatic rings. The first-order chi connectivity index (χ1) is 8.57. The Morgan fingerprint density at radius 1 is 1.56 bits per heavy atom. The van der Waals surface area contributed by atoms with Crippen LogP contribution in [0, 0.1) is 12.3 Å². The maximum atomic E-state index is 12.4. The van der Waals surface area contributed by atoms with Crippen molar-refractivity contribution >= 4 is 23.2 Å². The fraction of sp³-hybridized carbons (Fsp3) is 0.500. The van der Waals surface area contributed by atoms with Crippen LogP contribution in [-0.4, -0.2) is 19.0 Å². The van der Waals surface area contributed by atoms with Crippen molar-refractivity contribution in [1.29, 1.82) is 0 Å². The van der Waals surface area contributed by atoms with Gasteiger partial charge in [0.15, 0.2) is 0 Å². The van der Waals surface area contributed by atoms with Gasteiger partial charge in [-0.05, 0) is 44.0 Å². The summed E-state index contributed by atoms with van der Waals surface area (Å²) in [5.41, 5.74) is 1.51. The van der Waals surface area contributed by atoms with E-state index in [0.29, 0.717) is 10.7 Å². The van der Waals surface area contributed by atoms with Crippen molar-refractivity contribution in [3.63, 3.8) is 0 Å². The van der Waals surface area contributed by atoms with Crippen LogP contribution >= 0.6 is 11.6 Å². The molecular formula is C14H19ClN2O. The van der Waals surface area contributed by atoms with E-state index in [1.54, 1.807) is 0 Å². The summed E-state index contributed by atoms with van der Waals surface area (Å²) in [6, 6.07) is 5.68. The van der Waals surface area contributed by atoms with Gasteiger partial charge in [0.25, 0.3) is 0 Å². The molecule has 3 nitrogen and oxygen atoms in total. The molecule has 0 spiro atoms. The third-order valence-electron chi connectivity index (χ3n) is 3.77. The molecule has 1 amide bonds. The predicted octanol–water partition coefficient (Wildman–Crippen LogP) is 2.98. The summed E-state index contributed by atoms with van der Waals surface area (Å²) in [6.45, 7) is 5.69. The molecule has 1 aromatic carbocycles. The molecule has 1 saturated heterocycles. The number of hydrogen-bond acceptors (Lipinski definition) is 2. The fourth-order valence-corrected chi connectivity index (χ4v) is 2.66. The van der Waals surface area contributed by atoms with Gasteiger partial charge < -0.3 is 10.6 Å². The van der Waals surface area contributed by atoms with Crippen LogP contribution < -0.4 is 10.6 Å². The maximum absolute atomic E-state index is 12.4. The second kappa shape index (κ2) is 5.29. The molecule has 0 bridgehead atoms. The fourth-order valence-electron chi connectivity index (χ4n) is 2.38. The van der Waals surface area contributed by atoms with Crippen LogP contribution in [0.4, 0.5) is 5.69 Å². The van der Waals surface area contributed by atoms with Crippen LogP contribution in [0.2, 0.25) is 5.02 Å². The van der Waals surface area contributed by atoms with Gasteiger partial charge in [0.2, 0.25) is 5.91 Å². The van der Waals surface area contributed by atoms with Gasteiger partial charge in [-0.25, -0.2) is 0 Å². The van der Waals surface area contributed by atoms with Gasteiger partial charge in [-0.3, -0.25) is 4.79 Å². The molecule has 1 aliphatic heterocycles. The number of amides is 1. The van der Waals surface area contributed by atoms with E-state index >= 15 is 0 Å². The van der Waals surface area contributed by atoms with E-state index in [9.17, 15) is 4.79 Å². The van der Waals surface area contributed by atoms with Crippen molar-refractivity contribution in [2.45, 2.75) is 26.7 Å². The van der Waals surface area contributed by atoms with Crippen LogP contribution in [0.15, 0.2) is 18.2 Å². The molecule has 1 fully saturated rings. The lowest BCUT2D eigenvalue weighted by atomic mass is 9.83. The van der Waals surface area contributed by atoms with Crippen molar-refractivity contribution in [1.82, 2.24) is 5.32 Å². The molecule has 2 N–H and O–H groups in total. The second-order valence-electron chi connectivity index (χ2n) is 5.00. The Bertz CT molecular complexity index is 453. The number of benzene rings is 1. The molecule has 1 heterocycles. The predicted molar refractivity (Wildman–Crippen MR) is 75.0 cm³/mol. The lowest BCUT2D eigenvalue weighted by Gasteiger charge is -2.25. The SMILES string of the molecule is CCC1(C(=O)Nc2ccc(C)cc2Cl)CCNC1. The second-order valence-corrected chi connectivity index (χ2v) is 5.41. The highest BCUT2D eigenvalue weighted by Crippen LogP contribution is 2.32. The van der Waals surface area contributed by atoms with Crippen LogP contribution in [0.5, 0.6) is 0 Å². The monoisotopic (exact) mass is 266 g/mol. The Labute approximate surface area is 113 Å². The molecule has 1 atom stereocenters. The largest absolute Gasteiger partial charge is 0.324 e. The van der Waals surface area contributed by atoms with Crippen LogP contribution in [0.25, 0.3) is 0 Å². The zero-order chi connectivity index (χ0) is 13.2. The number of halogens is 1. The minimum Gasteiger partial charge on any atom is -0.324 e. The van der Waals surface area contributed by atoms with E-state index in [2.05, 4.69) is 17.6 Å². The summed E-state index contributed by atoms with van der Waals surface area (Å²) in [7, 11) is 0. The Hall–Kier alpha value is -1.06. The Morgan fingerprint density at radius 2 is 2.33 bits per heavy atom. The molecule has 0 radical (unpaired) electrons. The minimum absolute atomic E-state index is 0.0701. The first kappa shape index (κ1) is 13.4. The number of anilines is 1. The quantitative estimate of drug-likeness (QED) is 0.883. The number of aryl methyl sites for hydroxylation is 1. The van der Waals surface area contributed by atoms with Gasteiger partial charge in [0.05, 0.1) is 16.1 Å². The van der Waals surface area contributed by atoms with Gasteiger partial charge in [-0.15, -0.1) is 0 Å². The highest BCUT2D eigenvalue weighted by Gasteiger charge is 2.39. The van der Waals surface area contributed by atoms with Gasteiger partial charge in [-0.1, -0.05) is 24.6 Å². The molecule has 0 aliphatic carbocycles. The van der Waals surface area contributed by atoms with Crippen molar-refractivity contribution in [2.75, 3.05) is 18.4 Å². The summed E-state index contributed by atoms with van der Waals surface area (Å²) in [5, 5.41) is 6.82. The summed E-state index contributed by atoms with van der Waals surface area (Å²) >= 11 is 6.14. The molecule has 4 heteroatoms. The van der Waals surface area contributed by atoms with E-state index in [1.165, 1.54) is 0 Å². The van der Waals surface area contributed by atoms with E-state index in [-0.39, 0.29) is 11.3 Å². The smallest absolute Gasteiger partial charge is 0.231 e.